The van der Waals surface area contributed by atoms with Gasteiger partial charge in [-0.1, -0.05) is 6.92 Å². The number of benzene rings is 1. The number of aromatic hydroxyl groups is 2. The Hall–Kier alpha value is -1.48. The highest BCUT2D eigenvalue weighted by atomic mass is 35.5. The van der Waals surface area contributed by atoms with Crippen molar-refractivity contribution in [1.29, 1.82) is 0 Å². The second-order valence-corrected chi connectivity index (χ2v) is 3.17. The summed E-state index contributed by atoms with van der Waals surface area (Å²) >= 11 is 0. The van der Waals surface area contributed by atoms with E-state index in [2.05, 4.69) is 4.98 Å². The topological polar surface area (TPSA) is 53.4 Å². The van der Waals surface area contributed by atoms with E-state index in [1.54, 1.807) is 18.3 Å². The molecule has 0 saturated carbocycles. The standard InChI is InChI=1S/C11H11NO2.ClH/c1-2-9-8-6-11(14)10(13)5-7(8)3-4-12-9;/h3-6,13-14H,2H2,1H3;1H. The molecule has 0 amide bonds. The van der Waals surface area contributed by atoms with Crippen molar-refractivity contribution in [3.8, 4) is 11.5 Å². The molecule has 1 aromatic heterocycles. The zero-order valence-corrected chi connectivity index (χ0v) is 9.08. The minimum absolute atomic E-state index is 0. The predicted molar refractivity (Wildman–Crippen MR) is 61.7 cm³/mol. The quantitative estimate of drug-likeness (QED) is 0.734. The zero-order valence-electron chi connectivity index (χ0n) is 8.27. The summed E-state index contributed by atoms with van der Waals surface area (Å²) in [6.45, 7) is 2.01. The van der Waals surface area contributed by atoms with Gasteiger partial charge < -0.3 is 10.2 Å². The highest BCUT2D eigenvalue weighted by Crippen LogP contribution is 2.31. The fourth-order valence-corrected chi connectivity index (χ4v) is 1.54. The van der Waals surface area contributed by atoms with Gasteiger partial charge in [0, 0.05) is 17.3 Å². The van der Waals surface area contributed by atoms with Crippen LogP contribution in [0, 0.1) is 0 Å². The fourth-order valence-electron chi connectivity index (χ4n) is 1.54. The molecule has 80 valence electrons. The van der Waals surface area contributed by atoms with Crippen LogP contribution in [0.15, 0.2) is 24.4 Å². The number of fused-ring (bicyclic) bond motifs is 1. The Balaban J connectivity index is 0.00000112. The molecule has 0 unspecified atom stereocenters. The van der Waals surface area contributed by atoms with Crippen LogP contribution in [-0.4, -0.2) is 15.2 Å². The van der Waals surface area contributed by atoms with Gasteiger partial charge >= 0.3 is 0 Å². The Morgan fingerprint density at radius 3 is 2.53 bits per heavy atom. The molecule has 3 nitrogen and oxygen atoms in total. The number of hydrogen-bond donors (Lipinski definition) is 2. The number of nitrogens with zero attached hydrogens (tertiary/aromatic N) is 1. The summed E-state index contributed by atoms with van der Waals surface area (Å²) in [6.07, 6.45) is 2.51. The van der Waals surface area contributed by atoms with Crippen molar-refractivity contribution in [2.75, 3.05) is 0 Å². The first-order valence-corrected chi connectivity index (χ1v) is 4.52. The third-order valence-electron chi connectivity index (χ3n) is 2.28. The largest absolute Gasteiger partial charge is 0.504 e. The molecule has 1 heterocycles. The van der Waals surface area contributed by atoms with E-state index < -0.39 is 0 Å². The second kappa shape index (κ2) is 4.36. The molecule has 2 rings (SSSR count). The maximum atomic E-state index is 9.36. The van der Waals surface area contributed by atoms with E-state index in [1.165, 1.54) is 0 Å². The van der Waals surface area contributed by atoms with Crippen molar-refractivity contribution < 1.29 is 10.2 Å². The average Bonchev–Trinajstić information content (AvgIpc) is 2.19. The lowest BCUT2D eigenvalue weighted by atomic mass is 10.1. The number of rotatable bonds is 1. The molecule has 4 heteroatoms. The van der Waals surface area contributed by atoms with Crippen molar-refractivity contribution in [2.24, 2.45) is 0 Å². The Morgan fingerprint density at radius 2 is 1.87 bits per heavy atom. The lowest BCUT2D eigenvalue weighted by molar-refractivity contribution is 0.405. The molecule has 0 aliphatic carbocycles. The molecule has 0 aliphatic heterocycles. The van der Waals surface area contributed by atoms with Gasteiger partial charge in [0.1, 0.15) is 0 Å². The molecule has 0 aliphatic rings. The Labute approximate surface area is 93.8 Å². The number of aromatic nitrogens is 1. The number of phenols is 2. The normalized spacial score (nSPS) is 9.93. The van der Waals surface area contributed by atoms with Gasteiger partial charge in [-0.3, -0.25) is 4.98 Å². The predicted octanol–water partition coefficient (Wildman–Crippen LogP) is 2.63. The van der Waals surface area contributed by atoms with E-state index in [1.807, 2.05) is 13.0 Å². The van der Waals surface area contributed by atoms with Crippen LogP contribution in [0.2, 0.25) is 0 Å². The van der Waals surface area contributed by atoms with Crippen molar-refractivity contribution in [1.82, 2.24) is 4.98 Å². The lowest BCUT2D eigenvalue weighted by Crippen LogP contribution is -1.88. The smallest absolute Gasteiger partial charge is 0.158 e. The number of halogens is 1. The van der Waals surface area contributed by atoms with E-state index in [0.717, 1.165) is 22.9 Å². The van der Waals surface area contributed by atoms with E-state index in [0.29, 0.717) is 0 Å². The third-order valence-corrected chi connectivity index (χ3v) is 2.28. The third kappa shape index (κ3) is 1.97. The molecule has 0 atom stereocenters. The molecule has 0 saturated heterocycles. The van der Waals surface area contributed by atoms with Gasteiger partial charge in [-0.05, 0) is 30.0 Å². The van der Waals surface area contributed by atoms with Crippen LogP contribution < -0.4 is 0 Å². The van der Waals surface area contributed by atoms with Crippen LogP contribution in [0.1, 0.15) is 12.6 Å². The first-order valence-electron chi connectivity index (χ1n) is 4.52. The molecule has 1 aromatic carbocycles. The van der Waals surface area contributed by atoms with E-state index >= 15 is 0 Å². The summed E-state index contributed by atoms with van der Waals surface area (Å²) in [6, 6.07) is 4.91. The minimum atomic E-state index is -0.0970. The van der Waals surface area contributed by atoms with Crippen molar-refractivity contribution in [3.63, 3.8) is 0 Å². The van der Waals surface area contributed by atoms with Crippen LogP contribution in [-0.2, 0) is 6.42 Å². The highest BCUT2D eigenvalue weighted by Gasteiger charge is 2.05. The second-order valence-electron chi connectivity index (χ2n) is 3.17. The van der Waals surface area contributed by atoms with E-state index in [-0.39, 0.29) is 23.9 Å². The number of aryl methyl sites for hydroxylation is 1. The molecule has 15 heavy (non-hydrogen) atoms. The van der Waals surface area contributed by atoms with Crippen LogP contribution in [0.25, 0.3) is 10.8 Å². The van der Waals surface area contributed by atoms with Gasteiger partial charge in [-0.2, -0.15) is 0 Å². The van der Waals surface area contributed by atoms with Crippen LogP contribution >= 0.6 is 12.4 Å². The maximum Gasteiger partial charge on any atom is 0.158 e. The molecule has 0 radical (unpaired) electrons. The summed E-state index contributed by atoms with van der Waals surface area (Å²) in [4.78, 5) is 4.20. The highest BCUT2D eigenvalue weighted by molar-refractivity contribution is 5.87. The molecule has 0 bridgehead atoms. The first-order chi connectivity index (χ1) is 6.72. The lowest BCUT2D eigenvalue weighted by Gasteiger charge is -2.04. The monoisotopic (exact) mass is 225 g/mol. The molecule has 2 aromatic rings. The summed E-state index contributed by atoms with van der Waals surface area (Å²) in [7, 11) is 0. The van der Waals surface area contributed by atoms with Gasteiger partial charge in [0.2, 0.25) is 0 Å². The van der Waals surface area contributed by atoms with Gasteiger partial charge in [0.15, 0.2) is 11.5 Å². The fraction of sp³-hybridized carbons (Fsp3) is 0.182. The molecule has 0 spiro atoms. The molecular formula is C11H12ClNO2. The first kappa shape index (κ1) is 11.6. The zero-order chi connectivity index (χ0) is 10.1. The Morgan fingerprint density at radius 1 is 1.20 bits per heavy atom. The van der Waals surface area contributed by atoms with Gasteiger partial charge in [0.25, 0.3) is 0 Å². The van der Waals surface area contributed by atoms with Crippen LogP contribution in [0.3, 0.4) is 0 Å². The van der Waals surface area contributed by atoms with Crippen molar-refractivity contribution >= 4 is 23.2 Å². The van der Waals surface area contributed by atoms with Crippen molar-refractivity contribution in [3.05, 3.63) is 30.1 Å². The number of phenolic OH excluding ortho intramolecular Hbond substituents is 2. The summed E-state index contributed by atoms with van der Waals surface area (Å²) < 4.78 is 0. The minimum Gasteiger partial charge on any atom is -0.504 e. The SMILES string of the molecule is CCc1nccc2cc(O)c(O)cc12.Cl. The van der Waals surface area contributed by atoms with Crippen molar-refractivity contribution in [2.45, 2.75) is 13.3 Å². The summed E-state index contributed by atoms with van der Waals surface area (Å²) in [5.41, 5.74) is 0.929. The average molecular weight is 226 g/mol. The van der Waals surface area contributed by atoms with Crippen LogP contribution in [0.4, 0.5) is 0 Å². The summed E-state index contributed by atoms with van der Waals surface area (Å²) in [5, 5.41) is 20.5. The van der Waals surface area contributed by atoms with Gasteiger partial charge in [-0.25, -0.2) is 0 Å². The number of pyridine rings is 1. The van der Waals surface area contributed by atoms with E-state index in [9.17, 15) is 10.2 Å². The molecular weight excluding hydrogens is 214 g/mol. The van der Waals surface area contributed by atoms with Crippen LogP contribution in [0.5, 0.6) is 11.5 Å². The van der Waals surface area contributed by atoms with Gasteiger partial charge in [0.05, 0.1) is 0 Å². The van der Waals surface area contributed by atoms with Gasteiger partial charge in [-0.15, -0.1) is 12.4 Å². The summed E-state index contributed by atoms with van der Waals surface area (Å²) in [5.74, 6) is -0.189. The Bertz CT molecular complexity index is 485. The number of hydrogen-bond acceptors (Lipinski definition) is 3. The maximum absolute atomic E-state index is 9.36. The Kier molecular flexibility index (Phi) is 3.37. The molecule has 2 N–H and O–H groups in total. The molecule has 0 fully saturated rings. The van der Waals surface area contributed by atoms with E-state index in [4.69, 9.17) is 0 Å².